The Morgan fingerprint density at radius 2 is 2.32 bits per heavy atom. The van der Waals surface area contributed by atoms with Gasteiger partial charge in [-0.2, -0.15) is 14.9 Å². The molecule has 0 aliphatic carbocycles. The molecule has 10 heteroatoms. The number of nitrogens with zero attached hydrogens (tertiary/aromatic N) is 7. The SMILES string of the molecule is CCCn1cc(CNC(=O)c2cn[nH]c2-n2cnnn2)cn1. The molecule has 114 valence electrons. The number of H-pyrrole nitrogens is 1. The quantitative estimate of drug-likeness (QED) is 0.657. The van der Waals surface area contributed by atoms with E-state index in [1.807, 2.05) is 10.9 Å². The van der Waals surface area contributed by atoms with Gasteiger partial charge in [-0.1, -0.05) is 6.92 Å². The minimum Gasteiger partial charge on any atom is -0.348 e. The van der Waals surface area contributed by atoms with E-state index in [0.29, 0.717) is 17.9 Å². The van der Waals surface area contributed by atoms with Gasteiger partial charge in [-0.25, -0.2) is 0 Å². The summed E-state index contributed by atoms with van der Waals surface area (Å²) in [5.74, 6) is 0.159. The molecule has 3 aromatic heterocycles. The molecule has 3 heterocycles. The Morgan fingerprint density at radius 1 is 1.41 bits per heavy atom. The third-order valence-electron chi connectivity index (χ3n) is 3.03. The van der Waals surface area contributed by atoms with Gasteiger partial charge in [0.15, 0.2) is 5.82 Å². The molecule has 0 saturated heterocycles. The summed E-state index contributed by atoms with van der Waals surface area (Å²) in [7, 11) is 0. The minimum absolute atomic E-state index is 0.262. The highest BCUT2D eigenvalue weighted by molar-refractivity contribution is 5.96. The van der Waals surface area contributed by atoms with Crippen LogP contribution in [0.25, 0.3) is 5.82 Å². The number of nitrogens with one attached hydrogen (secondary N) is 2. The maximum absolute atomic E-state index is 12.2. The Morgan fingerprint density at radius 3 is 3.09 bits per heavy atom. The third kappa shape index (κ3) is 2.85. The van der Waals surface area contributed by atoms with Gasteiger partial charge in [0.05, 0.1) is 12.4 Å². The second-order valence-corrected chi connectivity index (χ2v) is 4.68. The van der Waals surface area contributed by atoms with Gasteiger partial charge in [0.2, 0.25) is 0 Å². The summed E-state index contributed by atoms with van der Waals surface area (Å²) in [6.45, 7) is 3.34. The van der Waals surface area contributed by atoms with Crippen molar-refractivity contribution < 1.29 is 4.79 Å². The van der Waals surface area contributed by atoms with E-state index < -0.39 is 0 Å². The average Bonchev–Trinajstić information content (AvgIpc) is 3.25. The average molecular weight is 301 g/mol. The summed E-state index contributed by atoms with van der Waals surface area (Å²) < 4.78 is 3.20. The van der Waals surface area contributed by atoms with Crippen molar-refractivity contribution in [1.29, 1.82) is 0 Å². The predicted molar refractivity (Wildman–Crippen MR) is 75.0 cm³/mol. The summed E-state index contributed by atoms with van der Waals surface area (Å²) >= 11 is 0. The molecule has 0 aliphatic heterocycles. The van der Waals surface area contributed by atoms with E-state index in [4.69, 9.17) is 0 Å². The zero-order valence-corrected chi connectivity index (χ0v) is 12.0. The molecule has 0 fully saturated rings. The van der Waals surface area contributed by atoms with E-state index in [0.717, 1.165) is 18.5 Å². The van der Waals surface area contributed by atoms with Crippen molar-refractivity contribution >= 4 is 5.91 Å². The van der Waals surface area contributed by atoms with Crippen molar-refractivity contribution in [3.63, 3.8) is 0 Å². The third-order valence-corrected chi connectivity index (χ3v) is 3.03. The lowest BCUT2D eigenvalue weighted by Crippen LogP contribution is -2.23. The summed E-state index contributed by atoms with van der Waals surface area (Å²) in [6, 6.07) is 0. The number of aryl methyl sites for hydroxylation is 1. The van der Waals surface area contributed by atoms with Gasteiger partial charge in [0.1, 0.15) is 11.9 Å². The number of hydrogen-bond acceptors (Lipinski definition) is 6. The zero-order valence-electron chi connectivity index (χ0n) is 12.0. The molecule has 0 atom stereocenters. The van der Waals surface area contributed by atoms with E-state index in [1.165, 1.54) is 17.2 Å². The van der Waals surface area contributed by atoms with E-state index in [1.54, 1.807) is 6.20 Å². The number of hydrogen-bond donors (Lipinski definition) is 2. The van der Waals surface area contributed by atoms with Crippen LogP contribution in [0.4, 0.5) is 0 Å². The molecule has 2 N–H and O–H groups in total. The number of aromatic amines is 1. The maximum atomic E-state index is 12.2. The Balaban J connectivity index is 1.66. The Hall–Kier alpha value is -3.04. The smallest absolute Gasteiger partial charge is 0.257 e. The molecule has 22 heavy (non-hydrogen) atoms. The van der Waals surface area contributed by atoms with Crippen LogP contribution in [0, 0.1) is 0 Å². The largest absolute Gasteiger partial charge is 0.348 e. The highest BCUT2D eigenvalue weighted by atomic mass is 16.1. The van der Waals surface area contributed by atoms with Gasteiger partial charge < -0.3 is 5.32 Å². The Labute approximate surface area is 125 Å². The molecular weight excluding hydrogens is 286 g/mol. The molecule has 0 aromatic carbocycles. The highest BCUT2D eigenvalue weighted by Gasteiger charge is 2.16. The number of tetrazole rings is 1. The molecular formula is C12H15N9O. The fourth-order valence-corrected chi connectivity index (χ4v) is 2.01. The molecule has 0 aliphatic rings. The van der Waals surface area contributed by atoms with Crippen LogP contribution >= 0.6 is 0 Å². The first kappa shape index (κ1) is 13.9. The van der Waals surface area contributed by atoms with Crippen LogP contribution < -0.4 is 5.32 Å². The first-order valence-corrected chi connectivity index (χ1v) is 6.84. The summed E-state index contributed by atoms with van der Waals surface area (Å²) in [5, 5.41) is 24.4. The molecule has 0 spiro atoms. The lowest BCUT2D eigenvalue weighted by atomic mass is 10.3. The van der Waals surface area contributed by atoms with Crippen molar-refractivity contribution in [3.8, 4) is 5.82 Å². The van der Waals surface area contributed by atoms with Crippen LogP contribution in [0.5, 0.6) is 0 Å². The number of carbonyl (C=O) groups is 1. The monoisotopic (exact) mass is 301 g/mol. The predicted octanol–water partition coefficient (Wildman–Crippen LogP) is -0.0781. The second-order valence-electron chi connectivity index (χ2n) is 4.68. The number of rotatable bonds is 6. The van der Waals surface area contributed by atoms with Crippen molar-refractivity contribution in [2.24, 2.45) is 0 Å². The number of amides is 1. The van der Waals surface area contributed by atoms with Gasteiger partial charge >= 0.3 is 0 Å². The fourth-order valence-electron chi connectivity index (χ4n) is 2.01. The molecule has 1 amide bonds. The molecule has 0 unspecified atom stereocenters. The first-order chi connectivity index (χ1) is 10.8. The standard InChI is InChI=1S/C12H15N9O/c1-2-3-20-7-9(5-16-20)4-13-12(22)10-6-14-17-11(10)21-8-15-18-19-21/h5-8H,2-4H2,1H3,(H,13,22)(H,14,17). The zero-order chi connectivity index (χ0) is 15.4. The highest BCUT2D eigenvalue weighted by Crippen LogP contribution is 2.09. The van der Waals surface area contributed by atoms with Crippen molar-refractivity contribution in [1.82, 2.24) is 45.5 Å². The lowest BCUT2D eigenvalue weighted by molar-refractivity contribution is 0.0951. The molecule has 10 nitrogen and oxygen atoms in total. The van der Waals surface area contributed by atoms with E-state index >= 15 is 0 Å². The summed E-state index contributed by atoms with van der Waals surface area (Å²) in [6.07, 6.45) is 7.50. The van der Waals surface area contributed by atoms with Gasteiger partial charge in [0.25, 0.3) is 5.91 Å². The molecule has 0 radical (unpaired) electrons. The van der Waals surface area contributed by atoms with Crippen LogP contribution in [0.3, 0.4) is 0 Å². The molecule has 3 aromatic rings. The van der Waals surface area contributed by atoms with E-state index in [-0.39, 0.29) is 5.91 Å². The lowest BCUT2D eigenvalue weighted by Gasteiger charge is -2.03. The maximum Gasteiger partial charge on any atom is 0.257 e. The normalized spacial score (nSPS) is 10.8. The van der Waals surface area contributed by atoms with Gasteiger partial charge in [0, 0.05) is 24.8 Å². The molecule has 0 bridgehead atoms. The molecule has 0 saturated carbocycles. The van der Waals surface area contributed by atoms with Gasteiger partial charge in [-0.05, 0) is 16.8 Å². The van der Waals surface area contributed by atoms with Crippen molar-refractivity contribution in [2.75, 3.05) is 0 Å². The van der Waals surface area contributed by atoms with Crippen LogP contribution in [-0.2, 0) is 13.1 Å². The Kier molecular flexibility index (Phi) is 3.90. The van der Waals surface area contributed by atoms with Crippen LogP contribution in [0.15, 0.2) is 24.9 Å². The van der Waals surface area contributed by atoms with Gasteiger partial charge in [-0.15, -0.1) is 5.10 Å². The van der Waals surface area contributed by atoms with Crippen LogP contribution in [0.1, 0.15) is 29.3 Å². The first-order valence-electron chi connectivity index (χ1n) is 6.84. The van der Waals surface area contributed by atoms with Crippen LogP contribution in [0.2, 0.25) is 0 Å². The molecule has 3 rings (SSSR count). The van der Waals surface area contributed by atoms with Gasteiger partial charge in [-0.3, -0.25) is 14.6 Å². The van der Waals surface area contributed by atoms with E-state index in [2.05, 4.69) is 43.1 Å². The minimum atomic E-state index is -0.262. The second kappa shape index (κ2) is 6.16. The van der Waals surface area contributed by atoms with Crippen molar-refractivity contribution in [2.45, 2.75) is 26.4 Å². The topological polar surface area (TPSA) is 119 Å². The fraction of sp³-hybridized carbons (Fsp3) is 0.333. The van der Waals surface area contributed by atoms with Crippen LogP contribution in [-0.4, -0.2) is 46.1 Å². The van der Waals surface area contributed by atoms with E-state index in [9.17, 15) is 4.79 Å². The Bertz CT molecular complexity index is 742. The number of carbonyl (C=O) groups excluding carboxylic acids is 1. The van der Waals surface area contributed by atoms with Crippen molar-refractivity contribution in [3.05, 3.63) is 36.0 Å². The number of aromatic nitrogens is 8. The summed E-state index contributed by atoms with van der Waals surface area (Å²) in [4.78, 5) is 12.2. The summed E-state index contributed by atoms with van der Waals surface area (Å²) in [5.41, 5.74) is 1.31.